The summed E-state index contributed by atoms with van der Waals surface area (Å²) in [7, 11) is 0. The van der Waals surface area contributed by atoms with Crippen molar-refractivity contribution in [2.24, 2.45) is 11.7 Å². The number of carbonyl (C=O) groups is 1. The van der Waals surface area contributed by atoms with E-state index in [2.05, 4.69) is 10.2 Å². The van der Waals surface area contributed by atoms with E-state index >= 15 is 0 Å². The largest absolute Gasteiger partial charge is 0.393 e. The quantitative estimate of drug-likeness (QED) is 0.727. The average Bonchev–Trinajstić information content (AvgIpc) is 2.71. The highest BCUT2D eigenvalue weighted by molar-refractivity contribution is 7.80. The monoisotopic (exact) mass is 255 g/mol. The van der Waals surface area contributed by atoms with E-state index in [0.29, 0.717) is 12.1 Å². The molecule has 2 fully saturated rings. The molecule has 2 rings (SSSR count). The van der Waals surface area contributed by atoms with Gasteiger partial charge in [0.2, 0.25) is 5.91 Å². The number of hydrogen-bond donors (Lipinski definition) is 2. The van der Waals surface area contributed by atoms with E-state index in [1.165, 1.54) is 25.8 Å². The summed E-state index contributed by atoms with van der Waals surface area (Å²) in [4.78, 5) is 14.7. The van der Waals surface area contributed by atoms with Crippen LogP contribution in [0.3, 0.4) is 0 Å². The Labute approximate surface area is 108 Å². The first-order valence-electron chi connectivity index (χ1n) is 6.43. The van der Waals surface area contributed by atoms with E-state index in [4.69, 9.17) is 18.0 Å². The molecule has 4 nitrogen and oxygen atoms in total. The molecule has 0 bridgehead atoms. The number of nitrogens with one attached hydrogen (secondary N) is 1. The van der Waals surface area contributed by atoms with Gasteiger partial charge in [0.25, 0.3) is 0 Å². The number of fused-ring (bicyclic) bond motifs is 1. The van der Waals surface area contributed by atoms with Gasteiger partial charge >= 0.3 is 0 Å². The average molecular weight is 255 g/mol. The summed E-state index contributed by atoms with van der Waals surface area (Å²) in [5, 5.41) is 3.11. The van der Waals surface area contributed by atoms with E-state index in [1.54, 1.807) is 6.92 Å². The maximum absolute atomic E-state index is 11.9. The van der Waals surface area contributed by atoms with E-state index in [0.717, 1.165) is 13.0 Å². The minimum atomic E-state index is -0.359. The molecule has 17 heavy (non-hydrogen) atoms. The van der Waals surface area contributed by atoms with Crippen molar-refractivity contribution in [2.75, 3.05) is 13.1 Å². The van der Waals surface area contributed by atoms with Gasteiger partial charge in [-0.2, -0.15) is 0 Å². The van der Waals surface area contributed by atoms with Crippen molar-refractivity contribution < 1.29 is 4.79 Å². The van der Waals surface area contributed by atoms with Gasteiger partial charge in [-0.15, -0.1) is 0 Å². The summed E-state index contributed by atoms with van der Waals surface area (Å²) in [5.74, 6) is -0.377. The number of hydrogen-bond acceptors (Lipinski definition) is 3. The third kappa shape index (κ3) is 2.77. The van der Waals surface area contributed by atoms with Crippen LogP contribution in [-0.2, 0) is 4.79 Å². The van der Waals surface area contributed by atoms with Gasteiger partial charge in [0.1, 0.15) is 0 Å². The molecule has 0 spiro atoms. The Kier molecular flexibility index (Phi) is 3.99. The Balaban J connectivity index is 1.91. The maximum Gasteiger partial charge on any atom is 0.229 e. The SMILES string of the molecule is CC(C(=O)NC1CCN2CCCCC12)C(N)=S. The van der Waals surface area contributed by atoms with Crippen molar-refractivity contribution in [2.45, 2.75) is 44.7 Å². The summed E-state index contributed by atoms with van der Waals surface area (Å²) in [6, 6.07) is 0.825. The highest BCUT2D eigenvalue weighted by atomic mass is 32.1. The smallest absolute Gasteiger partial charge is 0.229 e. The van der Waals surface area contributed by atoms with E-state index in [1.807, 2.05) is 0 Å². The molecule has 3 atom stereocenters. The predicted octanol–water partition coefficient (Wildman–Crippen LogP) is 0.652. The fourth-order valence-electron chi connectivity index (χ4n) is 2.85. The fourth-order valence-corrected chi connectivity index (χ4v) is 2.96. The molecule has 2 aliphatic rings. The van der Waals surface area contributed by atoms with E-state index in [-0.39, 0.29) is 16.8 Å². The lowest BCUT2D eigenvalue weighted by molar-refractivity contribution is -0.123. The van der Waals surface area contributed by atoms with Gasteiger partial charge in [-0.3, -0.25) is 9.69 Å². The third-order valence-electron chi connectivity index (χ3n) is 4.00. The number of nitrogens with two attached hydrogens (primary N) is 1. The summed E-state index contributed by atoms with van der Waals surface area (Å²) in [6.07, 6.45) is 4.83. The zero-order chi connectivity index (χ0) is 12.4. The Morgan fingerprint density at radius 3 is 2.88 bits per heavy atom. The summed E-state index contributed by atoms with van der Waals surface area (Å²) in [5.41, 5.74) is 5.50. The van der Waals surface area contributed by atoms with Crippen molar-refractivity contribution in [1.29, 1.82) is 0 Å². The number of piperidine rings is 1. The van der Waals surface area contributed by atoms with Crippen LogP contribution in [0.25, 0.3) is 0 Å². The van der Waals surface area contributed by atoms with Crippen LogP contribution < -0.4 is 11.1 Å². The van der Waals surface area contributed by atoms with Crippen LogP contribution in [0.15, 0.2) is 0 Å². The van der Waals surface area contributed by atoms with Gasteiger partial charge in [-0.25, -0.2) is 0 Å². The van der Waals surface area contributed by atoms with Crippen molar-refractivity contribution in [1.82, 2.24) is 10.2 Å². The molecule has 2 aliphatic heterocycles. The molecule has 0 aliphatic carbocycles. The first-order chi connectivity index (χ1) is 8.09. The Morgan fingerprint density at radius 1 is 1.41 bits per heavy atom. The molecular weight excluding hydrogens is 234 g/mol. The molecule has 0 aromatic rings. The van der Waals surface area contributed by atoms with Crippen LogP contribution in [-0.4, -0.2) is 41.0 Å². The predicted molar refractivity (Wildman–Crippen MR) is 71.7 cm³/mol. The first kappa shape index (κ1) is 12.8. The molecule has 0 aromatic heterocycles. The Hall–Kier alpha value is -0.680. The van der Waals surface area contributed by atoms with Crippen LogP contribution in [0.4, 0.5) is 0 Å². The lowest BCUT2D eigenvalue weighted by Crippen LogP contribution is -2.49. The van der Waals surface area contributed by atoms with Crippen LogP contribution >= 0.6 is 12.2 Å². The highest BCUT2D eigenvalue weighted by Gasteiger charge is 2.36. The van der Waals surface area contributed by atoms with Crippen molar-refractivity contribution in [3.05, 3.63) is 0 Å². The molecule has 3 unspecified atom stereocenters. The van der Waals surface area contributed by atoms with E-state index in [9.17, 15) is 4.79 Å². The molecule has 2 saturated heterocycles. The lowest BCUT2D eigenvalue weighted by atomic mass is 9.98. The van der Waals surface area contributed by atoms with Gasteiger partial charge in [-0.1, -0.05) is 18.6 Å². The molecule has 1 amide bonds. The Bertz CT molecular complexity index is 321. The maximum atomic E-state index is 11.9. The standard InChI is InChI=1S/C12H21N3OS/c1-8(11(13)17)12(16)14-9-5-7-15-6-3-2-4-10(9)15/h8-10H,2-7H2,1H3,(H2,13,17)(H,14,16). The van der Waals surface area contributed by atoms with Crippen molar-refractivity contribution in [3.63, 3.8) is 0 Å². The molecule has 0 radical (unpaired) electrons. The molecule has 0 aromatic carbocycles. The second-order valence-corrected chi connectivity index (χ2v) is 5.60. The summed E-state index contributed by atoms with van der Waals surface area (Å²) < 4.78 is 0. The zero-order valence-corrected chi connectivity index (χ0v) is 11.1. The molecule has 5 heteroatoms. The van der Waals surface area contributed by atoms with E-state index < -0.39 is 0 Å². The minimum Gasteiger partial charge on any atom is -0.393 e. The second kappa shape index (κ2) is 5.31. The molecule has 0 saturated carbocycles. The minimum absolute atomic E-state index is 0.0186. The lowest BCUT2D eigenvalue weighted by Gasteiger charge is -2.32. The number of carbonyl (C=O) groups excluding carboxylic acids is 1. The second-order valence-electron chi connectivity index (χ2n) is 5.13. The fraction of sp³-hybridized carbons (Fsp3) is 0.833. The van der Waals surface area contributed by atoms with Gasteiger partial charge in [0, 0.05) is 18.6 Å². The number of nitrogens with zero attached hydrogens (tertiary/aromatic N) is 1. The van der Waals surface area contributed by atoms with Crippen LogP contribution in [0.5, 0.6) is 0 Å². The summed E-state index contributed by atoms with van der Waals surface area (Å²) in [6.45, 7) is 4.06. The summed E-state index contributed by atoms with van der Waals surface area (Å²) >= 11 is 4.86. The normalized spacial score (nSPS) is 30.6. The highest BCUT2D eigenvalue weighted by Crippen LogP contribution is 2.27. The van der Waals surface area contributed by atoms with Crippen LogP contribution in [0.2, 0.25) is 0 Å². The molecule has 3 N–H and O–H groups in total. The van der Waals surface area contributed by atoms with Crippen molar-refractivity contribution in [3.8, 4) is 0 Å². The Morgan fingerprint density at radius 2 is 2.18 bits per heavy atom. The number of amides is 1. The number of rotatable bonds is 3. The van der Waals surface area contributed by atoms with Gasteiger partial charge < -0.3 is 11.1 Å². The van der Waals surface area contributed by atoms with Crippen LogP contribution in [0.1, 0.15) is 32.6 Å². The third-order valence-corrected chi connectivity index (χ3v) is 4.36. The van der Waals surface area contributed by atoms with Gasteiger partial charge in [-0.05, 0) is 32.7 Å². The molecule has 96 valence electrons. The van der Waals surface area contributed by atoms with Crippen LogP contribution in [0, 0.1) is 5.92 Å². The van der Waals surface area contributed by atoms with Gasteiger partial charge in [0.15, 0.2) is 0 Å². The molecule has 2 heterocycles. The molecular formula is C12H21N3OS. The van der Waals surface area contributed by atoms with Gasteiger partial charge in [0.05, 0.1) is 10.9 Å². The first-order valence-corrected chi connectivity index (χ1v) is 6.84. The van der Waals surface area contributed by atoms with Crippen molar-refractivity contribution >= 4 is 23.1 Å². The topological polar surface area (TPSA) is 58.4 Å². The zero-order valence-electron chi connectivity index (χ0n) is 10.3. The number of thiocarbonyl (C=S) groups is 1.